The fourth-order valence-corrected chi connectivity index (χ4v) is 5.60. The number of carbonyl (C=O) groups excluding carboxylic acids is 3. The third-order valence-corrected chi connectivity index (χ3v) is 8.16. The number of benzene rings is 3. The number of hydrogen-bond acceptors (Lipinski definition) is 8. The molecule has 0 fully saturated rings. The van der Waals surface area contributed by atoms with Gasteiger partial charge in [-0.3, -0.25) is 19.2 Å². The van der Waals surface area contributed by atoms with Gasteiger partial charge in [-0.2, -0.15) is 0 Å². The van der Waals surface area contributed by atoms with Crippen LogP contribution in [-0.2, 0) is 24.8 Å². The molecule has 242 valence electrons. The lowest BCUT2D eigenvalue weighted by Gasteiger charge is -2.34. The first-order chi connectivity index (χ1) is 22.6. The van der Waals surface area contributed by atoms with Crippen LogP contribution in [0.4, 0.5) is 0 Å². The van der Waals surface area contributed by atoms with E-state index in [0.717, 1.165) is 10.3 Å². The number of fused-ring (bicyclic) bond motifs is 1. The predicted molar refractivity (Wildman–Crippen MR) is 175 cm³/mol. The summed E-state index contributed by atoms with van der Waals surface area (Å²) < 4.78 is 5.57. The number of carboxylic acid groups (broad SMARTS) is 1. The molecule has 0 bridgehead atoms. The lowest BCUT2D eigenvalue weighted by atomic mass is 9.85. The highest BCUT2D eigenvalue weighted by Gasteiger charge is 2.49. The minimum absolute atomic E-state index is 0.0492. The molecule has 11 heteroatoms. The van der Waals surface area contributed by atoms with Crippen molar-refractivity contribution in [2.75, 3.05) is 13.7 Å². The van der Waals surface area contributed by atoms with Crippen LogP contribution in [0.15, 0.2) is 96.2 Å². The van der Waals surface area contributed by atoms with Gasteiger partial charge in [0.05, 0.1) is 18.0 Å². The zero-order chi connectivity index (χ0) is 33.6. The number of ether oxygens (including phenoxy) is 1. The van der Waals surface area contributed by atoms with Gasteiger partial charge in [0.1, 0.15) is 24.1 Å². The number of carbonyl (C=O) groups is 4. The number of carboxylic acids is 1. The summed E-state index contributed by atoms with van der Waals surface area (Å²) in [5.41, 5.74) is 0.476. The van der Waals surface area contributed by atoms with E-state index in [2.05, 4.69) is 15.5 Å². The molecule has 0 saturated carbocycles. The molecule has 3 aromatic carbocycles. The average molecular weight is 637 g/mol. The number of likely N-dealkylation sites (N-methyl/N-ethyl adjacent to an activating group) is 1. The van der Waals surface area contributed by atoms with E-state index >= 15 is 0 Å². The maximum absolute atomic E-state index is 14.2. The molecule has 0 aliphatic carbocycles. The normalized spacial score (nSPS) is 16.7. The molecule has 0 saturated heterocycles. The molecule has 1 aliphatic heterocycles. The smallest absolute Gasteiger partial charge is 0.305 e. The van der Waals surface area contributed by atoms with Gasteiger partial charge in [0.15, 0.2) is 5.78 Å². The van der Waals surface area contributed by atoms with Crippen LogP contribution >= 0.6 is 0 Å². The molecule has 2 N–H and O–H groups in total. The molecule has 47 heavy (non-hydrogen) atoms. The van der Waals surface area contributed by atoms with E-state index in [-0.39, 0.29) is 23.9 Å². The average Bonchev–Trinajstić information content (AvgIpc) is 3.59. The molecule has 11 nitrogen and oxygen atoms in total. The summed E-state index contributed by atoms with van der Waals surface area (Å²) in [5.74, 6) is -2.44. The molecule has 0 radical (unpaired) electrons. The zero-order valence-corrected chi connectivity index (χ0v) is 26.3. The quantitative estimate of drug-likeness (QED) is 0.210. The zero-order valence-electron chi connectivity index (χ0n) is 26.3. The second-order valence-electron chi connectivity index (χ2n) is 11.7. The topological polar surface area (TPSA) is 147 Å². The number of amides is 2. The van der Waals surface area contributed by atoms with Crippen molar-refractivity contribution < 1.29 is 33.9 Å². The van der Waals surface area contributed by atoms with Gasteiger partial charge in [0.2, 0.25) is 5.60 Å². The molecule has 5 rings (SSSR count). The number of hydrogen-bond donors (Lipinski definition) is 2. The van der Waals surface area contributed by atoms with Crippen molar-refractivity contribution in [3.05, 3.63) is 108 Å². The number of aliphatic carboxylic acids is 1. The summed E-state index contributed by atoms with van der Waals surface area (Å²) in [7, 11) is 1.37. The Balaban J connectivity index is 1.40. The predicted octanol–water partition coefficient (Wildman–Crippen LogP) is 4.91. The van der Waals surface area contributed by atoms with Crippen LogP contribution in [0.25, 0.3) is 10.9 Å². The molecule has 2 amide bonds. The highest BCUT2D eigenvalue weighted by molar-refractivity contribution is 5.97. The lowest BCUT2D eigenvalue weighted by Crippen LogP contribution is -2.53. The Kier molecular flexibility index (Phi) is 9.94. The molecule has 0 spiro atoms. The third kappa shape index (κ3) is 7.30. The molecule has 1 aliphatic rings. The monoisotopic (exact) mass is 636 g/mol. The van der Waals surface area contributed by atoms with E-state index in [4.69, 9.17) is 9.57 Å². The van der Waals surface area contributed by atoms with E-state index in [1.807, 2.05) is 50.2 Å². The number of rotatable bonds is 13. The second-order valence-corrected chi connectivity index (χ2v) is 11.7. The van der Waals surface area contributed by atoms with Crippen molar-refractivity contribution >= 4 is 40.7 Å². The van der Waals surface area contributed by atoms with Gasteiger partial charge in [-0.25, -0.2) is 4.98 Å². The molecule has 1 aromatic heterocycles. The Hall–Kier alpha value is -5.58. The summed E-state index contributed by atoms with van der Waals surface area (Å²) in [4.78, 5) is 64.0. The van der Waals surface area contributed by atoms with Crippen LogP contribution in [0, 0.1) is 5.92 Å². The Morgan fingerprint density at radius 1 is 0.979 bits per heavy atom. The summed E-state index contributed by atoms with van der Waals surface area (Å²) in [6.45, 7) is 3.51. The first-order valence-corrected chi connectivity index (χ1v) is 15.3. The maximum Gasteiger partial charge on any atom is 0.305 e. The number of nitrogens with zero attached hydrogens (tertiary/aromatic N) is 3. The Morgan fingerprint density at radius 2 is 1.72 bits per heavy atom. The van der Waals surface area contributed by atoms with Gasteiger partial charge >= 0.3 is 5.97 Å². The molecular weight excluding hydrogens is 600 g/mol. The number of para-hydroxylation sites is 2. The van der Waals surface area contributed by atoms with Gasteiger partial charge in [-0.15, -0.1) is 0 Å². The number of Topliss-reactive ketones (excluding diaryl/α,β-unsaturated/α-hetero) is 1. The molecule has 2 heterocycles. The summed E-state index contributed by atoms with van der Waals surface area (Å²) >= 11 is 0. The first kappa shape index (κ1) is 32.8. The third-order valence-electron chi connectivity index (χ3n) is 8.16. The van der Waals surface area contributed by atoms with E-state index in [9.17, 15) is 24.3 Å². The van der Waals surface area contributed by atoms with Crippen LogP contribution in [0.3, 0.4) is 0 Å². The van der Waals surface area contributed by atoms with Crippen LogP contribution in [0.1, 0.15) is 54.3 Å². The fourth-order valence-electron chi connectivity index (χ4n) is 5.60. The van der Waals surface area contributed by atoms with Crippen LogP contribution < -0.4 is 10.1 Å². The van der Waals surface area contributed by atoms with Crippen molar-refractivity contribution in [2.45, 2.75) is 44.4 Å². The van der Waals surface area contributed by atoms with Crippen molar-refractivity contribution in [3.8, 4) is 5.75 Å². The van der Waals surface area contributed by atoms with Crippen LogP contribution in [0.2, 0.25) is 0 Å². The number of ketones is 1. The minimum atomic E-state index is -1.66. The number of aromatic nitrogens is 1. The molecule has 4 aromatic rings. The van der Waals surface area contributed by atoms with Crippen molar-refractivity contribution in [1.29, 1.82) is 0 Å². The van der Waals surface area contributed by atoms with E-state index in [0.29, 0.717) is 22.4 Å². The molecule has 1 unspecified atom stereocenters. The number of nitrogens with one attached hydrogen (secondary N) is 1. The maximum atomic E-state index is 14.2. The number of oxime groups is 1. The highest BCUT2D eigenvalue weighted by atomic mass is 16.7. The standard InChI is InChI=1S/C36H36N4O7/c1-23(2)33(39-34(44)29-17-16-24-10-7-8-15-28(24)38-29)25-11-9-12-26(20-25)36(18-19-37-47-36)35(45)40(3)30(21-32(42)43)31(41)22-46-27-13-5-4-6-14-27/h4-17,19-20,23,30,33H,18,21-22H2,1-3H3,(H,39,44)(H,42,43)/t30-,33-,36?/m0/s1. The van der Waals surface area contributed by atoms with E-state index < -0.39 is 48.4 Å². The van der Waals surface area contributed by atoms with Crippen molar-refractivity contribution in [3.63, 3.8) is 0 Å². The van der Waals surface area contributed by atoms with E-state index in [1.54, 1.807) is 54.6 Å². The lowest BCUT2D eigenvalue weighted by molar-refractivity contribution is -0.161. The van der Waals surface area contributed by atoms with Gasteiger partial charge < -0.3 is 24.9 Å². The SMILES string of the molecule is CC(C)[C@H](NC(=O)c1ccc2ccccc2n1)c1cccc(C2(C(=O)N(C)[C@@H](CC(=O)O)C(=O)COc3ccccc3)CC=NO2)c1. The Bertz CT molecular complexity index is 1800. The van der Waals surface area contributed by atoms with Crippen molar-refractivity contribution in [1.82, 2.24) is 15.2 Å². The molecule has 3 atom stereocenters. The second kappa shape index (κ2) is 14.2. The summed E-state index contributed by atoms with van der Waals surface area (Å²) in [5, 5.41) is 17.5. The van der Waals surface area contributed by atoms with Crippen LogP contribution in [-0.4, -0.2) is 64.5 Å². The Morgan fingerprint density at radius 3 is 2.43 bits per heavy atom. The molecular formula is C36H36N4O7. The van der Waals surface area contributed by atoms with Crippen molar-refractivity contribution in [2.24, 2.45) is 11.1 Å². The van der Waals surface area contributed by atoms with Gasteiger partial charge in [0.25, 0.3) is 11.8 Å². The summed E-state index contributed by atoms with van der Waals surface area (Å²) in [6.07, 6.45) is 0.881. The largest absolute Gasteiger partial charge is 0.486 e. The fraction of sp³-hybridized carbons (Fsp3) is 0.278. The van der Waals surface area contributed by atoms with Gasteiger partial charge in [0, 0.05) is 30.6 Å². The minimum Gasteiger partial charge on any atom is -0.486 e. The Labute approximate surface area is 272 Å². The van der Waals surface area contributed by atoms with E-state index in [1.165, 1.54) is 13.3 Å². The highest BCUT2D eigenvalue weighted by Crippen LogP contribution is 2.37. The van der Waals surface area contributed by atoms with Crippen LogP contribution in [0.5, 0.6) is 5.75 Å². The van der Waals surface area contributed by atoms with Gasteiger partial charge in [-0.1, -0.05) is 79.7 Å². The van der Waals surface area contributed by atoms with Gasteiger partial charge in [-0.05, 0) is 41.8 Å². The first-order valence-electron chi connectivity index (χ1n) is 15.3. The number of pyridine rings is 1. The summed E-state index contributed by atoms with van der Waals surface area (Å²) in [6, 6.07) is 25.0.